The Morgan fingerprint density at radius 1 is 1.53 bits per heavy atom. The Kier molecular flexibility index (Phi) is 3.24. The van der Waals surface area contributed by atoms with Crippen molar-refractivity contribution >= 4 is 17.6 Å². The molecule has 5 heteroatoms. The summed E-state index contributed by atoms with van der Waals surface area (Å²) in [5, 5.41) is 18.7. The van der Waals surface area contributed by atoms with Crippen LogP contribution in [0, 0.1) is 11.7 Å². The first kappa shape index (κ1) is 12.2. The minimum Gasteiger partial charge on any atom is -0.505 e. The zero-order valence-electron chi connectivity index (χ0n) is 8.99. The van der Waals surface area contributed by atoms with E-state index < -0.39 is 17.5 Å². The van der Waals surface area contributed by atoms with Gasteiger partial charge >= 0.3 is 5.97 Å². The predicted molar refractivity (Wildman–Crippen MR) is 60.8 cm³/mol. The summed E-state index contributed by atoms with van der Waals surface area (Å²) in [7, 11) is 0. The van der Waals surface area contributed by atoms with Crippen LogP contribution in [0.2, 0.25) is 5.02 Å². The smallest absolute Gasteiger partial charge is 0.303 e. The maximum atomic E-state index is 13.3. The van der Waals surface area contributed by atoms with Gasteiger partial charge in [-0.15, -0.1) is 0 Å². The summed E-state index contributed by atoms with van der Waals surface area (Å²) in [4.78, 5) is 10.8. The zero-order chi connectivity index (χ0) is 12.6. The molecule has 1 atom stereocenters. The van der Waals surface area contributed by atoms with Crippen LogP contribution in [-0.2, 0) is 4.79 Å². The number of aromatic hydroxyl groups is 1. The monoisotopic (exact) mass is 258 g/mol. The lowest BCUT2D eigenvalue weighted by atomic mass is 9.90. The van der Waals surface area contributed by atoms with Crippen LogP contribution in [0.25, 0.3) is 0 Å². The van der Waals surface area contributed by atoms with Gasteiger partial charge in [-0.2, -0.15) is 0 Å². The molecular formula is C12H12ClFO3. The van der Waals surface area contributed by atoms with Gasteiger partial charge in [0.25, 0.3) is 0 Å². The summed E-state index contributed by atoms with van der Waals surface area (Å²) in [5.74, 6) is -2.40. The van der Waals surface area contributed by atoms with Gasteiger partial charge < -0.3 is 10.2 Å². The van der Waals surface area contributed by atoms with E-state index in [1.165, 1.54) is 6.07 Å². The summed E-state index contributed by atoms with van der Waals surface area (Å²) in [6.45, 7) is 0. The topological polar surface area (TPSA) is 57.5 Å². The summed E-state index contributed by atoms with van der Waals surface area (Å²) in [6, 6.07) is 2.47. The molecule has 1 fully saturated rings. The second-order valence-electron chi connectivity index (χ2n) is 4.37. The highest BCUT2D eigenvalue weighted by Crippen LogP contribution is 2.47. The fourth-order valence-electron chi connectivity index (χ4n) is 2.09. The maximum absolute atomic E-state index is 13.3. The molecule has 92 valence electrons. The Morgan fingerprint density at radius 3 is 2.71 bits per heavy atom. The van der Waals surface area contributed by atoms with E-state index in [0.717, 1.165) is 18.9 Å². The van der Waals surface area contributed by atoms with Crippen molar-refractivity contribution in [3.63, 3.8) is 0 Å². The van der Waals surface area contributed by atoms with E-state index in [9.17, 15) is 14.3 Å². The van der Waals surface area contributed by atoms with Gasteiger partial charge in [-0.3, -0.25) is 4.79 Å². The quantitative estimate of drug-likeness (QED) is 0.872. The average Bonchev–Trinajstić information content (AvgIpc) is 3.03. The Labute approximate surface area is 103 Å². The summed E-state index contributed by atoms with van der Waals surface area (Å²) in [5.41, 5.74) is 0.305. The maximum Gasteiger partial charge on any atom is 0.303 e. The van der Waals surface area contributed by atoms with Crippen LogP contribution < -0.4 is 0 Å². The molecule has 1 aliphatic rings. The van der Waals surface area contributed by atoms with Crippen LogP contribution in [0.5, 0.6) is 5.75 Å². The first-order valence-electron chi connectivity index (χ1n) is 5.38. The normalized spacial score (nSPS) is 16.8. The average molecular weight is 259 g/mol. The molecule has 0 saturated heterocycles. The van der Waals surface area contributed by atoms with E-state index in [0.29, 0.717) is 5.56 Å². The van der Waals surface area contributed by atoms with E-state index >= 15 is 0 Å². The van der Waals surface area contributed by atoms with E-state index in [2.05, 4.69) is 0 Å². The van der Waals surface area contributed by atoms with Crippen molar-refractivity contribution in [2.45, 2.75) is 25.2 Å². The van der Waals surface area contributed by atoms with E-state index in [-0.39, 0.29) is 23.3 Å². The van der Waals surface area contributed by atoms with Crippen LogP contribution in [0.15, 0.2) is 12.1 Å². The third-order valence-corrected chi connectivity index (χ3v) is 3.26. The van der Waals surface area contributed by atoms with Gasteiger partial charge in [-0.25, -0.2) is 4.39 Å². The second-order valence-corrected chi connectivity index (χ2v) is 4.80. The van der Waals surface area contributed by atoms with Crippen molar-refractivity contribution in [2.24, 2.45) is 5.92 Å². The van der Waals surface area contributed by atoms with Gasteiger partial charge in [-0.1, -0.05) is 11.6 Å². The molecule has 0 aliphatic heterocycles. The van der Waals surface area contributed by atoms with E-state index in [1.54, 1.807) is 0 Å². The number of carboxylic acids is 1. The van der Waals surface area contributed by atoms with Crippen molar-refractivity contribution in [3.8, 4) is 5.75 Å². The molecule has 1 aromatic rings. The molecule has 0 bridgehead atoms. The highest BCUT2D eigenvalue weighted by molar-refractivity contribution is 6.30. The first-order valence-corrected chi connectivity index (χ1v) is 5.76. The van der Waals surface area contributed by atoms with Gasteiger partial charge in [0, 0.05) is 16.5 Å². The minimum absolute atomic E-state index is 0.113. The van der Waals surface area contributed by atoms with Crippen LogP contribution in [0.3, 0.4) is 0 Å². The molecular weight excluding hydrogens is 247 g/mol. The van der Waals surface area contributed by atoms with Crippen molar-refractivity contribution in [3.05, 3.63) is 28.5 Å². The number of carbonyl (C=O) groups is 1. The second kappa shape index (κ2) is 4.53. The van der Waals surface area contributed by atoms with Crippen LogP contribution in [0.1, 0.15) is 30.7 Å². The highest BCUT2D eigenvalue weighted by atomic mass is 35.5. The number of carboxylic acid groups (broad SMARTS) is 1. The molecule has 0 amide bonds. The van der Waals surface area contributed by atoms with Crippen molar-refractivity contribution < 1.29 is 19.4 Å². The molecule has 1 unspecified atom stereocenters. The van der Waals surface area contributed by atoms with Crippen LogP contribution in [0.4, 0.5) is 4.39 Å². The number of phenolic OH excluding ortho intramolecular Hbond substituents is 1. The molecule has 0 radical (unpaired) electrons. The fraction of sp³-hybridized carbons (Fsp3) is 0.417. The Balaban J connectivity index is 2.38. The van der Waals surface area contributed by atoms with Gasteiger partial charge in [0.2, 0.25) is 0 Å². The van der Waals surface area contributed by atoms with E-state index in [1.807, 2.05) is 0 Å². The number of hydrogen-bond acceptors (Lipinski definition) is 2. The van der Waals surface area contributed by atoms with Crippen molar-refractivity contribution in [1.82, 2.24) is 0 Å². The molecule has 1 aliphatic carbocycles. The Bertz CT molecular complexity index is 457. The van der Waals surface area contributed by atoms with Gasteiger partial charge in [0.05, 0.1) is 6.42 Å². The lowest BCUT2D eigenvalue weighted by Crippen LogP contribution is -2.09. The van der Waals surface area contributed by atoms with Crippen LogP contribution in [-0.4, -0.2) is 16.2 Å². The standard InChI is InChI=1S/C12H12ClFO3/c13-7-3-9(12(17)10(14)4-7)8(5-11(15)16)6-1-2-6/h3-4,6,8,17H,1-2,5H2,(H,15,16). The van der Waals surface area contributed by atoms with Crippen molar-refractivity contribution in [2.75, 3.05) is 0 Å². The third-order valence-electron chi connectivity index (χ3n) is 3.04. The molecule has 2 rings (SSSR count). The van der Waals surface area contributed by atoms with Gasteiger partial charge in [-0.05, 0) is 30.9 Å². The fourth-order valence-corrected chi connectivity index (χ4v) is 2.30. The minimum atomic E-state index is -0.957. The first-order chi connectivity index (χ1) is 7.99. The summed E-state index contributed by atoms with van der Waals surface area (Å²) in [6.07, 6.45) is 1.70. The Hall–Kier alpha value is -1.29. The Morgan fingerprint density at radius 2 is 2.18 bits per heavy atom. The number of aliphatic carboxylic acids is 1. The molecule has 2 N–H and O–H groups in total. The van der Waals surface area contributed by atoms with Gasteiger partial charge in [0.1, 0.15) is 0 Å². The van der Waals surface area contributed by atoms with Gasteiger partial charge in [0.15, 0.2) is 11.6 Å². The molecule has 17 heavy (non-hydrogen) atoms. The number of benzene rings is 1. The number of halogens is 2. The van der Waals surface area contributed by atoms with E-state index in [4.69, 9.17) is 16.7 Å². The zero-order valence-corrected chi connectivity index (χ0v) is 9.75. The summed E-state index contributed by atoms with van der Waals surface area (Å²) < 4.78 is 13.3. The largest absolute Gasteiger partial charge is 0.505 e. The lowest BCUT2D eigenvalue weighted by molar-refractivity contribution is -0.137. The molecule has 0 heterocycles. The van der Waals surface area contributed by atoms with Crippen molar-refractivity contribution in [1.29, 1.82) is 0 Å². The third kappa shape index (κ3) is 2.69. The molecule has 0 aromatic heterocycles. The van der Waals surface area contributed by atoms with Crippen LogP contribution >= 0.6 is 11.6 Å². The molecule has 1 aromatic carbocycles. The molecule has 1 saturated carbocycles. The number of phenols is 1. The molecule has 0 spiro atoms. The predicted octanol–water partition coefficient (Wildman–Crippen LogP) is 3.15. The number of rotatable bonds is 4. The number of hydrogen-bond donors (Lipinski definition) is 2. The SMILES string of the molecule is O=C(O)CC(c1cc(Cl)cc(F)c1O)C1CC1. The summed E-state index contributed by atoms with van der Waals surface area (Å²) >= 11 is 5.73. The lowest BCUT2D eigenvalue weighted by Gasteiger charge is -2.16. The molecule has 3 nitrogen and oxygen atoms in total. The highest BCUT2D eigenvalue weighted by Gasteiger charge is 2.35.